The van der Waals surface area contributed by atoms with Gasteiger partial charge in [0.1, 0.15) is 5.82 Å². The predicted molar refractivity (Wildman–Crippen MR) is 243 cm³/mol. The molecule has 8 aromatic carbocycles. The van der Waals surface area contributed by atoms with Crippen LogP contribution in [0.4, 0.5) is 0 Å². The van der Waals surface area contributed by atoms with Crippen molar-refractivity contribution in [3.8, 4) is 39.1 Å². The Bertz CT molecular complexity index is 3260. The van der Waals surface area contributed by atoms with Crippen LogP contribution in [0.25, 0.3) is 100 Å². The monoisotopic (exact) mass is 726 g/mol. The summed E-state index contributed by atoms with van der Waals surface area (Å²) in [5, 5.41) is 10.1. The van der Waals surface area contributed by atoms with Crippen molar-refractivity contribution in [3.05, 3.63) is 210 Å². The third-order valence-electron chi connectivity index (χ3n) is 11.6. The number of imidazole rings is 1. The second kappa shape index (κ2) is 13.8. The lowest BCUT2D eigenvalue weighted by molar-refractivity contribution is 1.06. The maximum atomic E-state index is 5.13. The number of hydrogen-bond donors (Lipinski definition) is 0. The maximum absolute atomic E-state index is 5.13. The van der Waals surface area contributed by atoms with E-state index in [1.807, 2.05) is 0 Å². The fourth-order valence-electron chi connectivity index (χ4n) is 9.03. The van der Waals surface area contributed by atoms with Crippen LogP contribution in [-0.2, 0) is 0 Å². The van der Waals surface area contributed by atoms with Gasteiger partial charge in [-0.1, -0.05) is 170 Å². The molecule has 0 N–H and O–H groups in total. The Morgan fingerprint density at radius 3 is 1.89 bits per heavy atom. The highest BCUT2D eigenvalue weighted by Crippen LogP contribution is 2.44. The van der Waals surface area contributed by atoms with Crippen LogP contribution in [0.5, 0.6) is 0 Å². The Morgan fingerprint density at radius 1 is 0.474 bits per heavy atom. The number of fused-ring (bicyclic) bond motifs is 6. The number of benzene rings is 8. The first-order chi connectivity index (χ1) is 28.3. The minimum atomic E-state index is 0.881. The number of allylic oxidation sites excluding steroid dienone is 8. The van der Waals surface area contributed by atoms with Crippen LogP contribution in [0.15, 0.2) is 194 Å². The first-order valence-corrected chi connectivity index (χ1v) is 19.9. The molecule has 2 aliphatic rings. The lowest BCUT2D eigenvalue weighted by Crippen LogP contribution is -2.27. The Morgan fingerprint density at radius 2 is 1.12 bits per heavy atom. The third kappa shape index (κ3) is 5.60. The molecule has 0 fully saturated rings. The molecule has 0 atom stereocenters. The largest absolute Gasteiger partial charge is 0.292 e. The fourth-order valence-corrected chi connectivity index (χ4v) is 9.03. The van der Waals surface area contributed by atoms with Gasteiger partial charge in [-0.2, -0.15) is 0 Å². The van der Waals surface area contributed by atoms with E-state index in [1.165, 1.54) is 76.1 Å². The average molecular weight is 727 g/mol. The third-order valence-corrected chi connectivity index (χ3v) is 11.6. The van der Waals surface area contributed by atoms with Gasteiger partial charge in [0.25, 0.3) is 0 Å². The zero-order chi connectivity index (χ0) is 37.7. The zero-order valence-electron chi connectivity index (χ0n) is 31.4. The van der Waals surface area contributed by atoms with Gasteiger partial charge in [0.05, 0.1) is 11.0 Å². The Labute approximate surface area is 331 Å². The van der Waals surface area contributed by atoms with Crippen molar-refractivity contribution in [2.24, 2.45) is 0 Å². The van der Waals surface area contributed by atoms with E-state index in [9.17, 15) is 0 Å². The summed E-state index contributed by atoms with van der Waals surface area (Å²) >= 11 is 0. The fraction of sp³-hybridized carbons (Fsp3) is 0.0364. The van der Waals surface area contributed by atoms with E-state index in [2.05, 4.69) is 211 Å². The molecule has 0 spiro atoms. The molecule has 1 aromatic heterocycles. The van der Waals surface area contributed by atoms with Crippen LogP contribution in [0.1, 0.15) is 18.7 Å². The summed E-state index contributed by atoms with van der Waals surface area (Å²) in [6.45, 7) is 0. The minimum absolute atomic E-state index is 0.881. The summed E-state index contributed by atoms with van der Waals surface area (Å²) < 4.78 is 2.30. The highest BCUT2D eigenvalue weighted by Gasteiger charge is 2.19. The molecule has 0 amide bonds. The van der Waals surface area contributed by atoms with Crippen LogP contribution >= 0.6 is 0 Å². The van der Waals surface area contributed by atoms with E-state index in [0.717, 1.165) is 41.0 Å². The van der Waals surface area contributed by atoms with Gasteiger partial charge < -0.3 is 0 Å². The second-order valence-electron chi connectivity index (χ2n) is 14.9. The van der Waals surface area contributed by atoms with Crippen molar-refractivity contribution >= 4 is 61.1 Å². The summed E-state index contributed by atoms with van der Waals surface area (Å²) in [5.41, 5.74) is 11.8. The Balaban J connectivity index is 1.10. The van der Waals surface area contributed by atoms with Gasteiger partial charge in [-0.25, -0.2) is 4.98 Å². The average Bonchev–Trinajstić information content (AvgIpc) is 3.43. The zero-order valence-corrected chi connectivity index (χ0v) is 31.4. The molecular weight excluding hydrogens is 689 g/mol. The quantitative estimate of drug-likeness (QED) is 0.162. The van der Waals surface area contributed by atoms with Crippen LogP contribution in [0.3, 0.4) is 0 Å². The SMILES string of the molecule is C1=CCC=C(c2nc3ccccc3n2-c2ccc(-c3c4ccccc4c(-c4ccc5cc(-c6ccccc6)c6c(c5c4)=CC=CCC=6)c4ccccc34)cc2)C=C1. The topological polar surface area (TPSA) is 17.8 Å². The van der Waals surface area contributed by atoms with Crippen LogP contribution in [-0.4, -0.2) is 9.55 Å². The summed E-state index contributed by atoms with van der Waals surface area (Å²) in [4.78, 5) is 5.13. The first kappa shape index (κ1) is 33.1. The Hall–Kier alpha value is -7.29. The molecule has 0 radical (unpaired) electrons. The number of hydrogen-bond acceptors (Lipinski definition) is 1. The van der Waals surface area contributed by atoms with Gasteiger partial charge in [-0.3, -0.25) is 4.57 Å². The summed E-state index contributed by atoms with van der Waals surface area (Å²) in [6.07, 6.45) is 21.8. The highest BCUT2D eigenvalue weighted by atomic mass is 15.1. The van der Waals surface area contributed by atoms with Crippen LogP contribution in [0, 0.1) is 0 Å². The molecule has 0 saturated carbocycles. The van der Waals surface area contributed by atoms with E-state index in [4.69, 9.17) is 4.98 Å². The number of nitrogens with zero attached hydrogens (tertiary/aromatic N) is 2. The van der Waals surface area contributed by atoms with Gasteiger partial charge in [0, 0.05) is 11.3 Å². The van der Waals surface area contributed by atoms with Crippen molar-refractivity contribution < 1.29 is 0 Å². The van der Waals surface area contributed by atoms with E-state index in [0.29, 0.717) is 0 Å². The van der Waals surface area contributed by atoms with Gasteiger partial charge in [0.15, 0.2) is 0 Å². The molecule has 2 heteroatoms. The van der Waals surface area contributed by atoms with Gasteiger partial charge in [-0.05, 0) is 125 Å². The summed E-state index contributed by atoms with van der Waals surface area (Å²) in [6, 6.07) is 55.6. The number of rotatable bonds is 5. The van der Waals surface area contributed by atoms with Gasteiger partial charge in [-0.15, -0.1) is 0 Å². The molecule has 0 saturated heterocycles. The van der Waals surface area contributed by atoms with Crippen molar-refractivity contribution in [1.29, 1.82) is 0 Å². The second-order valence-corrected chi connectivity index (χ2v) is 14.9. The molecule has 1 heterocycles. The molecular formula is C55H38N2. The van der Waals surface area contributed by atoms with Crippen molar-refractivity contribution in [3.63, 3.8) is 0 Å². The molecule has 9 aromatic rings. The smallest absolute Gasteiger partial charge is 0.145 e. The molecule has 268 valence electrons. The van der Waals surface area contributed by atoms with Gasteiger partial charge in [0.2, 0.25) is 0 Å². The highest BCUT2D eigenvalue weighted by molar-refractivity contribution is 6.21. The van der Waals surface area contributed by atoms with Crippen LogP contribution in [0.2, 0.25) is 0 Å². The van der Waals surface area contributed by atoms with Crippen molar-refractivity contribution in [1.82, 2.24) is 9.55 Å². The first-order valence-electron chi connectivity index (χ1n) is 19.9. The van der Waals surface area contributed by atoms with E-state index in [-0.39, 0.29) is 0 Å². The predicted octanol–water partition coefficient (Wildman–Crippen LogP) is 12.9. The molecule has 2 aliphatic carbocycles. The summed E-state index contributed by atoms with van der Waals surface area (Å²) in [5.74, 6) is 0.958. The Kier molecular flexibility index (Phi) is 8.00. The standard InChI is InChI=1S/C55H38N2/c1-2-6-20-39(19-5-1)55-56-51-27-15-16-28-52(51)57(55)42-33-31-38(32-34-42)53-45-23-11-13-25-47(45)54(48-26-14-12-24-46(48)53)41-30-29-40-35-49(37-17-7-3-8-18-37)43-21-9-4-10-22-44(43)50(40)36-41/h1-5,7-8,10-36H,6,9H2. The maximum Gasteiger partial charge on any atom is 0.145 e. The molecule has 57 heavy (non-hydrogen) atoms. The number of para-hydroxylation sites is 2. The molecule has 0 unspecified atom stereocenters. The minimum Gasteiger partial charge on any atom is -0.292 e. The molecule has 0 bridgehead atoms. The molecule has 0 aliphatic heterocycles. The molecule has 11 rings (SSSR count). The van der Waals surface area contributed by atoms with Crippen LogP contribution < -0.4 is 10.4 Å². The number of aromatic nitrogens is 2. The van der Waals surface area contributed by atoms with Gasteiger partial charge >= 0.3 is 0 Å². The van der Waals surface area contributed by atoms with E-state index in [1.54, 1.807) is 0 Å². The lowest BCUT2D eigenvalue weighted by atomic mass is 9.85. The normalized spacial score (nSPS) is 13.6. The van der Waals surface area contributed by atoms with Crippen molar-refractivity contribution in [2.45, 2.75) is 12.8 Å². The van der Waals surface area contributed by atoms with E-state index >= 15 is 0 Å². The lowest BCUT2D eigenvalue weighted by Gasteiger charge is -2.19. The summed E-state index contributed by atoms with van der Waals surface area (Å²) in [7, 11) is 0. The molecule has 2 nitrogen and oxygen atoms in total. The van der Waals surface area contributed by atoms with E-state index < -0.39 is 0 Å². The van der Waals surface area contributed by atoms with Crippen molar-refractivity contribution in [2.75, 3.05) is 0 Å².